The first-order valence-corrected chi connectivity index (χ1v) is 35.1. The number of amides is 12. The number of rotatable bonds is 22. The third-order valence-corrected chi connectivity index (χ3v) is 18.3. The molecule has 0 aliphatic carbocycles. The Kier molecular flexibility index (Phi) is 29.6. The first-order valence-electron chi connectivity index (χ1n) is 35.1. The van der Waals surface area contributed by atoms with Gasteiger partial charge in [-0.25, -0.2) is 4.68 Å². The van der Waals surface area contributed by atoms with E-state index in [2.05, 4.69) is 58.2 Å². The fourth-order valence-corrected chi connectivity index (χ4v) is 12.7. The number of hydrogen-bond acceptors (Lipinski definition) is 21. The first-order chi connectivity index (χ1) is 50.6. The van der Waals surface area contributed by atoms with E-state index in [0.717, 1.165) is 4.68 Å². The molecule has 4 heterocycles. The van der Waals surface area contributed by atoms with Crippen LogP contribution in [0.1, 0.15) is 93.2 Å². The molecule has 1 aromatic heterocycles. The molecule has 15 atom stereocenters. The van der Waals surface area contributed by atoms with Crippen LogP contribution < -0.4 is 65.1 Å². The van der Waals surface area contributed by atoms with Crippen molar-refractivity contribution in [2.75, 3.05) is 13.1 Å². The summed E-state index contributed by atoms with van der Waals surface area (Å²) in [5.41, 5.74) is 19.2. The van der Waals surface area contributed by atoms with Crippen molar-refractivity contribution < 1.29 is 87.8 Å². The highest BCUT2D eigenvalue weighted by Gasteiger charge is 2.45. The van der Waals surface area contributed by atoms with Gasteiger partial charge in [-0.05, 0) is 85.4 Å². The highest BCUT2D eigenvalue weighted by molar-refractivity contribution is 6.01. The summed E-state index contributed by atoms with van der Waals surface area (Å²) < 4.78 is 6.43. The molecule has 12 amide bonds. The molecule has 3 saturated heterocycles. The van der Waals surface area contributed by atoms with Crippen LogP contribution >= 0.6 is 0 Å². The standard InChI is InChI=1S/C72H94N16O18/c1-39(2)30-48-64(97)84-54(34-42-18-10-5-11-19-42)71(104)88-29-13-21-55(88)70(103)83-51(32-41-16-8-4-9-17-41)67(100)80-49(31-40-14-6-3-7-15-40)66(99)82-53(36-58(75)91)69(102)77-47(26-27-57(74)90)63(96)79-50(33-43-22-24-45(89)25-23-43)65(98)81-52(68(101)76-46(20-12-28-73)62(95)78-48)35-44-37-87(86-85-44)38-56-59(92)60(93)61(94)72(105)106-56/h3-11,14-19,22-25,37,39,46-56,59-61,72,89,92-94,105H,12-13,20-21,26-36,38,73H2,1-2H3,(H2,74,90)(H2,75,91)(H,76,101)(H,77,102)(H,78,95)(H,79,96)(H,80,100)(H,81,98)(H,82,99)(H,83,103)(H,84,97)/t46-,47-,48-,49+,50-,51-,52-,53-,54+,55-,56+,59-,60-,61+,72?/m0/s1. The number of aliphatic hydroxyl groups is 4. The van der Waals surface area contributed by atoms with Crippen LogP contribution in [0, 0.1) is 5.92 Å². The second-order valence-corrected chi connectivity index (χ2v) is 27.1. The van der Waals surface area contributed by atoms with Gasteiger partial charge in [-0.1, -0.05) is 122 Å². The quantitative estimate of drug-likeness (QED) is 0.0311. The second kappa shape index (κ2) is 38.8. The number of nitrogens with one attached hydrogen (secondary N) is 9. The lowest BCUT2D eigenvalue weighted by atomic mass is 9.99. The Morgan fingerprint density at radius 1 is 0.509 bits per heavy atom. The Bertz CT molecular complexity index is 3860. The number of fused-ring (bicyclic) bond motifs is 1. The van der Waals surface area contributed by atoms with Crippen molar-refractivity contribution in [3.05, 3.63) is 149 Å². The van der Waals surface area contributed by atoms with Gasteiger partial charge in [0.15, 0.2) is 6.29 Å². The molecule has 106 heavy (non-hydrogen) atoms. The maximum atomic E-state index is 15.3. The molecule has 0 spiro atoms. The number of carbonyl (C=O) groups excluding carboxylic acids is 12. The van der Waals surface area contributed by atoms with E-state index in [1.165, 1.54) is 35.4 Å². The predicted octanol–water partition coefficient (Wildman–Crippen LogP) is -4.41. The lowest BCUT2D eigenvalue weighted by Crippen LogP contribution is -2.62. The van der Waals surface area contributed by atoms with Gasteiger partial charge in [0, 0.05) is 51.3 Å². The molecule has 3 aliphatic heterocycles. The number of aliphatic hydroxyl groups excluding tert-OH is 4. The molecule has 8 rings (SSSR count). The lowest BCUT2D eigenvalue weighted by molar-refractivity contribution is -0.284. The summed E-state index contributed by atoms with van der Waals surface area (Å²) in [6.45, 7) is 3.16. The number of aromatic hydroxyl groups is 1. The summed E-state index contributed by atoms with van der Waals surface area (Å²) >= 11 is 0. The van der Waals surface area contributed by atoms with Crippen molar-refractivity contribution in [1.82, 2.24) is 67.7 Å². The molecule has 1 unspecified atom stereocenters. The summed E-state index contributed by atoms with van der Waals surface area (Å²) in [6, 6.07) is 15.0. The van der Waals surface area contributed by atoms with Gasteiger partial charge in [0.25, 0.3) is 0 Å². The fraction of sp³-hybridized carbons (Fsp3) is 0.472. The first kappa shape index (κ1) is 80.9. The molecule has 5 aromatic rings. The van der Waals surface area contributed by atoms with Gasteiger partial charge >= 0.3 is 0 Å². The minimum absolute atomic E-state index is 0.0138. The molecule has 20 N–H and O–H groups in total. The number of nitrogens with zero attached hydrogens (tertiary/aromatic N) is 4. The lowest BCUT2D eigenvalue weighted by Gasteiger charge is -2.38. The largest absolute Gasteiger partial charge is 0.508 e. The number of carbonyl (C=O) groups is 12. The number of ether oxygens (including phenoxy) is 1. The van der Waals surface area contributed by atoms with Crippen LogP contribution in [0.25, 0.3) is 0 Å². The Morgan fingerprint density at radius 3 is 1.43 bits per heavy atom. The fourth-order valence-electron chi connectivity index (χ4n) is 12.7. The van der Waals surface area contributed by atoms with Crippen LogP contribution in [-0.4, -0.2) is 221 Å². The number of hydrogen-bond donors (Lipinski definition) is 17. The number of phenolic OH excluding ortho intramolecular Hbond substituents is 1. The molecular formula is C72H94N16O18. The van der Waals surface area contributed by atoms with Crippen LogP contribution in [0.2, 0.25) is 0 Å². The zero-order valence-electron chi connectivity index (χ0n) is 58.7. The zero-order chi connectivity index (χ0) is 76.7. The average molecular weight is 1470 g/mol. The third kappa shape index (κ3) is 23.6. The van der Waals surface area contributed by atoms with E-state index in [9.17, 15) is 59.1 Å². The van der Waals surface area contributed by atoms with E-state index < -0.39 is 201 Å². The molecule has 0 bridgehead atoms. The van der Waals surface area contributed by atoms with Crippen LogP contribution in [0.5, 0.6) is 5.75 Å². The smallest absolute Gasteiger partial charge is 0.246 e. The number of primary amides is 2. The van der Waals surface area contributed by atoms with Gasteiger partial charge in [-0.3, -0.25) is 57.5 Å². The molecular weight excluding hydrogens is 1380 g/mol. The molecule has 3 aliphatic rings. The summed E-state index contributed by atoms with van der Waals surface area (Å²) in [6.07, 6.45) is -10.8. The molecule has 0 saturated carbocycles. The highest BCUT2D eigenvalue weighted by atomic mass is 16.6. The molecule has 4 aromatic carbocycles. The summed E-state index contributed by atoms with van der Waals surface area (Å²) in [5, 5.41) is 84.0. The second-order valence-electron chi connectivity index (χ2n) is 27.1. The molecule has 34 nitrogen and oxygen atoms in total. The zero-order valence-corrected chi connectivity index (χ0v) is 58.7. The van der Waals surface area contributed by atoms with Crippen molar-refractivity contribution >= 4 is 70.9 Å². The topological polar surface area (TPSA) is 535 Å². The van der Waals surface area contributed by atoms with Gasteiger partial charge < -0.3 is 100 Å². The minimum Gasteiger partial charge on any atom is -0.508 e. The molecule has 570 valence electrons. The summed E-state index contributed by atoms with van der Waals surface area (Å²) in [4.78, 5) is 177. The SMILES string of the molecule is CC(C)C[C@@H]1NC(=O)[C@H](CCCN)NC(=O)[C@H](Cc2cn(C[C@H]3OC(O)[C@H](O)[C@@H](O)[C@H]3O)nn2)NC(=O)[C@H](Cc2ccc(O)cc2)NC(=O)[C@H](CCC(N)=O)NC(=O)[C@H](CC(N)=O)NC(=O)[C@@H](Cc2ccccc2)NC(=O)[C@H](Cc2ccccc2)NC(=O)[C@@H]2CCCN2C(=O)[C@@H](Cc2ccccc2)NC1=O. The number of aromatic nitrogens is 3. The molecule has 3 fully saturated rings. The van der Waals surface area contributed by atoms with Crippen LogP contribution in [0.4, 0.5) is 0 Å². The minimum atomic E-state index is -1.93. The number of benzene rings is 4. The van der Waals surface area contributed by atoms with Crippen molar-refractivity contribution in [3.8, 4) is 5.75 Å². The maximum absolute atomic E-state index is 15.3. The third-order valence-electron chi connectivity index (χ3n) is 18.3. The Morgan fingerprint density at radius 2 is 0.934 bits per heavy atom. The van der Waals surface area contributed by atoms with E-state index in [4.69, 9.17) is 21.9 Å². The van der Waals surface area contributed by atoms with Crippen molar-refractivity contribution in [2.24, 2.45) is 23.1 Å². The number of nitrogens with two attached hydrogens (primary N) is 3. The Balaban J connectivity index is 1.22. The predicted molar refractivity (Wildman–Crippen MR) is 377 cm³/mol. The van der Waals surface area contributed by atoms with Gasteiger partial charge in [0.05, 0.1) is 18.7 Å². The monoisotopic (exact) mass is 1470 g/mol. The highest BCUT2D eigenvalue weighted by Crippen LogP contribution is 2.24. The van der Waals surface area contributed by atoms with E-state index in [1.807, 2.05) is 0 Å². The Hall–Kier alpha value is -10.8. The summed E-state index contributed by atoms with van der Waals surface area (Å²) in [7, 11) is 0. The average Bonchev–Trinajstić information content (AvgIpc) is 1.45. The van der Waals surface area contributed by atoms with E-state index in [-0.39, 0.29) is 81.0 Å². The Labute approximate surface area is 610 Å². The number of phenols is 1. The van der Waals surface area contributed by atoms with Crippen LogP contribution in [0.15, 0.2) is 121 Å². The van der Waals surface area contributed by atoms with E-state index in [0.29, 0.717) is 23.1 Å². The van der Waals surface area contributed by atoms with Gasteiger partial charge in [-0.2, -0.15) is 0 Å². The van der Waals surface area contributed by atoms with Crippen molar-refractivity contribution in [1.29, 1.82) is 0 Å². The van der Waals surface area contributed by atoms with E-state index >= 15 is 24.0 Å². The van der Waals surface area contributed by atoms with Gasteiger partial charge in [0.1, 0.15) is 90.6 Å². The van der Waals surface area contributed by atoms with Crippen molar-refractivity contribution in [3.63, 3.8) is 0 Å². The van der Waals surface area contributed by atoms with Gasteiger partial charge in [-0.15, -0.1) is 5.10 Å². The van der Waals surface area contributed by atoms with Crippen molar-refractivity contribution in [2.45, 2.75) is 195 Å². The normalized spacial score (nSPS) is 26.7. The van der Waals surface area contributed by atoms with Gasteiger partial charge in [0.2, 0.25) is 70.9 Å². The molecule has 0 radical (unpaired) electrons. The maximum Gasteiger partial charge on any atom is 0.246 e. The van der Waals surface area contributed by atoms with Crippen LogP contribution in [0.3, 0.4) is 0 Å². The van der Waals surface area contributed by atoms with Crippen LogP contribution in [-0.2, 0) is 101 Å². The summed E-state index contributed by atoms with van der Waals surface area (Å²) in [5.74, 6) is -12.4. The molecule has 34 heteroatoms. The van der Waals surface area contributed by atoms with E-state index in [1.54, 1.807) is 105 Å².